The van der Waals surface area contributed by atoms with Gasteiger partial charge in [-0.1, -0.05) is 23.2 Å². The molecule has 0 radical (unpaired) electrons. The van der Waals surface area contributed by atoms with Gasteiger partial charge in [-0.15, -0.1) is 0 Å². The maximum absolute atomic E-state index is 12.5. The summed E-state index contributed by atoms with van der Waals surface area (Å²) in [5, 5.41) is 5.44. The molecule has 0 aliphatic carbocycles. The van der Waals surface area contributed by atoms with Gasteiger partial charge in [0, 0.05) is 28.5 Å². The molecule has 9 nitrogen and oxygen atoms in total. The minimum atomic E-state index is -0.912. The highest BCUT2D eigenvalue weighted by atomic mass is 35.5. The number of rotatable bonds is 5. The van der Waals surface area contributed by atoms with E-state index in [0.29, 0.717) is 21.5 Å². The van der Waals surface area contributed by atoms with E-state index in [1.807, 2.05) is 0 Å². The summed E-state index contributed by atoms with van der Waals surface area (Å²) >= 11 is 11.7. The van der Waals surface area contributed by atoms with Crippen LogP contribution in [-0.4, -0.2) is 42.7 Å². The first-order valence-electron chi connectivity index (χ1n) is 9.54. The number of hydrogen-bond acceptors (Lipinski definition) is 6. The summed E-state index contributed by atoms with van der Waals surface area (Å²) in [6, 6.07) is 7.53. The number of carbonyl (C=O) groups excluding carboxylic acids is 4. The molecule has 3 rings (SSSR count). The molecule has 0 spiro atoms. The van der Waals surface area contributed by atoms with Crippen molar-refractivity contribution in [2.24, 2.45) is 0 Å². The fourth-order valence-corrected chi connectivity index (χ4v) is 3.59. The van der Waals surface area contributed by atoms with Gasteiger partial charge in [0.25, 0.3) is 5.91 Å². The Morgan fingerprint density at radius 1 is 1.12 bits per heavy atom. The molecular formula is C22H19Cl2N3O6. The van der Waals surface area contributed by atoms with Crippen LogP contribution in [0.3, 0.4) is 0 Å². The quantitative estimate of drug-likeness (QED) is 0.376. The third kappa shape index (κ3) is 5.44. The van der Waals surface area contributed by atoms with E-state index in [0.717, 1.165) is 0 Å². The number of furan rings is 1. The molecule has 2 aromatic rings. The van der Waals surface area contributed by atoms with Crippen LogP contribution < -0.4 is 10.6 Å². The molecule has 1 aliphatic heterocycles. The second-order valence-electron chi connectivity index (χ2n) is 6.97. The molecule has 1 aromatic heterocycles. The number of amides is 3. The fourth-order valence-electron chi connectivity index (χ4n) is 3.07. The van der Waals surface area contributed by atoms with Crippen LogP contribution in [0.4, 0.5) is 5.69 Å². The number of benzene rings is 1. The lowest BCUT2D eigenvalue weighted by Gasteiger charge is -2.08. The summed E-state index contributed by atoms with van der Waals surface area (Å²) in [6.45, 7) is 1.55. The van der Waals surface area contributed by atoms with Gasteiger partial charge in [0.2, 0.25) is 0 Å². The first-order valence-corrected chi connectivity index (χ1v) is 10.3. The molecule has 1 aliphatic rings. The van der Waals surface area contributed by atoms with Crippen LogP contribution >= 0.6 is 23.2 Å². The SMILES string of the molecule is COC(=O)C1=C(C)N(C)C(=O)/C1=C/c1ccc(CNC(=O)C(=O)Nc2cc(Cl)cc(Cl)c2)o1. The minimum Gasteiger partial charge on any atom is -0.465 e. The molecule has 0 atom stereocenters. The zero-order chi connectivity index (χ0) is 24.3. The Morgan fingerprint density at radius 3 is 2.42 bits per heavy atom. The van der Waals surface area contributed by atoms with E-state index >= 15 is 0 Å². The van der Waals surface area contributed by atoms with Crippen molar-refractivity contribution < 1.29 is 28.3 Å². The topological polar surface area (TPSA) is 118 Å². The van der Waals surface area contributed by atoms with E-state index in [1.165, 1.54) is 36.3 Å². The Balaban J connectivity index is 1.66. The van der Waals surface area contributed by atoms with Crippen molar-refractivity contribution in [1.29, 1.82) is 0 Å². The lowest BCUT2D eigenvalue weighted by atomic mass is 10.1. The summed E-state index contributed by atoms with van der Waals surface area (Å²) in [5.74, 6) is -2.22. The summed E-state index contributed by atoms with van der Waals surface area (Å²) in [5.41, 5.74) is 1.01. The predicted octanol–water partition coefficient (Wildman–Crippen LogP) is 3.14. The Morgan fingerprint density at radius 2 is 1.79 bits per heavy atom. The van der Waals surface area contributed by atoms with Crippen LogP contribution in [0.5, 0.6) is 0 Å². The third-order valence-electron chi connectivity index (χ3n) is 4.78. The standard InChI is InChI=1S/C22H19Cl2N3O6/c1-11-18(22(31)32-3)17(21(30)27(11)2)9-15-4-5-16(33-15)10-25-19(28)20(29)26-14-7-12(23)6-13(24)8-14/h4-9H,10H2,1-3H3,(H,25,28)(H,26,29)/b17-9+. The number of nitrogens with one attached hydrogen (secondary N) is 2. The van der Waals surface area contributed by atoms with E-state index < -0.39 is 17.8 Å². The molecule has 172 valence electrons. The summed E-state index contributed by atoms with van der Waals surface area (Å²) in [7, 11) is 2.78. The van der Waals surface area contributed by atoms with Crippen LogP contribution in [0.2, 0.25) is 10.0 Å². The molecule has 11 heteroatoms. The van der Waals surface area contributed by atoms with Gasteiger partial charge in [-0.05, 0) is 43.3 Å². The number of anilines is 1. The van der Waals surface area contributed by atoms with Crippen LogP contribution in [0.15, 0.2) is 51.6 Å². The van der Waals surface area contributed by atoms with E-state index in [1.54, 1.807) is 26.1 Å². The lowest BCUT2D eigenvalue weighted by molar-refractivity contribution is -0.136. The van der Waals surface area contributed by atoms with Crippen LogP contribution in [0.1, 0.15) is 18.4 Å². The molecule has 0 saturated heterocycles. The van der Waals surface area contributed by atoms with Gasteiger partial charge in [-0.3, -0.25) is 14.4 Å². The number of methoxy groups -OCH3 is 1. The Labute approximate surface area is 199 Å². The molecule has 0 fully saturated rings. The Hall–Kier alpha value is -3.56. The molecule has 2 heterocycles. The van der Waals surface area contributed by atoms with E-state index in [-0.39, 0.29) is 35.0 Å². The number of likely N-dealkylation sites (N-methyl/N-ethyl adjacent to an activating group) is 1. The number of allylic oxidation sites excluding steroid dienone is 1. The zero-order valence-corrected chi connectivity index (χ0v) is 19.3. The number of halogens is 2. The second kappa shape index (κ2) is 9.93. The molecule has 0 bridgehead atoms. The summed E-state index contributed by atoms with van der Waals surface area (Å²) in [4.78, 5) is 50.1. The molecular weight excluding hydrogens is 473 g/mol. The molecule has 0 saturated carbocycles. The number of esters is 1. The van der Waals surface area contributed by atoms with Gasteiger partial charge in [-0.25, -0.2) is 4.79 Å². The highest BCUT2D eigenvalue weighted by molar-refractivity contribution is 6.40. The van der Waals surface area contributed by atoms with Crippen molar-refractivity contribution in [2.45, 2.75) is 13.5 Å². The van der Waals surface area contributed by atoms with Crippen molar-refractivity contribution in [3.8, 4) is 0 Å². The monoisotopic (exact) mass is 491 g/mol. The average molecular weight is 492 g/mol. The van der Waals surface area contributed by atoms with Crippen molar-refractivity contribution in [2.75, 3.05) is 19.5 Å². The van der Waals surface area contributed by atoms with Crippen molar-refractivity contribution in [1.82, 2.24) is 10.2 Å². The fraction of sp³-hybridized carbons (Fsp3) is 0.182. The molecule has 0 unspecified atom stereocenters. The number of hydrogen-bond donors (Lipinski definition) is 2. The number of carbonyl (C=O) groups is 4. The smallest absolute Gasteiger partial charge is 0.340 e. The Kier molecular flexibility index (Phi) is 7.25. The maximum Gasteiger partial charge on any atom is 0.340 e. The molecule has 2 N–H and O–H groups in total. The molecule has 3 amide bonds. The predicted molar refractivity (Wildman–Crippen MR) is 121 cm³/mol. The molecule has 1 aromatic carbocycles. The third-order valence-corrected chi connectivity index (χ3v) is 5.21. The van der Waals surface area contributed by atoms with Gasteiger partial charge in [0.05, 0.1) is 24.8 Å². The number of ether oxygens (including phenoxy) is 1. The largest absolute Gasteiger partial charge is 0.465 e. The van der Waals surface area contributed by atoms with Gasteiger partial charge in [0.15, 0.2) is 0 Å². The van der Waals surface area contributed by atoms with Crippen LogP contribution in [-0.2, 0) is 30.5 Å². The first kappa shape index (κ1) is 24.1. The van der Waals surface area contributed by atoms with Crippen molar-refractivity contribution in [3.63, 3.8) is 0 Å². The van der Waals surface area contributed by atoms with Crippen molar-refractivity contribution >= 4 is 58.7 Å². The van der Waals surface area contributed by atoms with Gasteiger partial charge >= 0.3 is 17.8 Å². The maximum atomic E-state index is 12.5. The average Bonchev–Trinajstić information content (AvgIpc) is 3.29. The number of nitrogens with zero attached hydrogens (tertiary/aromatic N) is 1. The summed E-state index contributed by atoms with van der Waals surface area (Å²) in [6.07, 6.45) is 1.42. The lowest BCUT2D eigenvalue weighted by Crippen LogP contribution is -2.34. The minimum absolute atomic E-state index is 0.0850. The van der Waals surface area contributed by atoms with E-state index in [9.17, 15) is 19.2 Å². The Bertz CT molecular complexity index is 1190. The normalized spacial score (nSPS) is 14.6. The van der Waals surface area contributed by atoms with Gasteiger partial charge in [0.1, 0.15) is 11.5 Å². The zero-order valence-electron chi connectivity index (χ0n) is 17.8. The van der Waals surface area contributed by atoms with Gasteiger partial charge < -0.3 is 24.7 Å². The van der Waals surface area contributed by atoms with E-state index in [4.69, 9.17) is 32.4 Å². The van der Waals surface area contributed by atoms with Crippen molar-refractivity contribution in [3.05, 3.63) is 68.7 Å². The molecule has 33 heavy (non-hydrogen) atoms. The highest BCUT2D eigenvalue weighted by Crippen LogP contribution is 2.30. The van der Waals surface area contributed by atoms with Crippen LogP contribution in [0.25, 0.3) is 6.08 Å². The van der Waals surface area contributed by atoms with Crippen LogP contribution in [0, 0.1) is 0 Å². The summed E-state index contributed by atoms with van der Waals surface area (Å²) < 4.78 is 10.4. The van der Waals surface area contributed by atoms with Gasteiger partial charge in [-0.2, -0.15) is 0 Å². The second-order valence-corrected chi connectivity index (χ2v) is 7.85. The first-order chi connectivity index (χ1) is 15.6. The highest BCUT2D eigenvalue weighted by Gasteiger charge is 2.35. The van der Waals surface area contributed by atoms with E-state index in [2.05, 4.69) is 10.6 Å².